The van der Waals surface area contributed by atoms with Gasteiger partial charge in [-0.3, -0.25) is 4.90 Å². The number of morpholine rings is 1. The van der Waals surface area contributed by atoms with Crippen molar-refractivity contribution in [1.29, 1.82) is 0 Å². The number of carbonyl (C=O) groups is 1. The van der Waals surface area contributed by atoms with Crippen LogP contribution in [0.3, 0.4) is 0 Å². The summed E-state index contributed by atoms with van der Waals surface area (Å²) in [5, 5.41) is 20.3. The Kier molecular flexibility index (Phi) is 11.7. The Morgan fingerprint density at radius 3 is 2.61 bits per heavy atom. The van der Waals surface area contributed by atoms with Crippen LogP contribution in [0, 0.1) is 0 Å². The molecule has 0 saturated carbocycles. The number of carbonyl (C=O) groups excluding carboxylic acids is 1. The molecular weight excluding hydrogens is 535 g/mol. The summed E-state index contributed by atoms with van der Waals surface area (Å²) in [6.07, 6.45) is 2.14. The number of halogens is 1. The molecule has 33 heavy (non-hydrogen) atoms. The topological polar surface area (TPSA) is 101 Å². The molecule has 2 amide bonds. The van der Waals surface area contributed by atoms with Crippen molar-refractivity contribution in [1.82, 2.24) is 20.4 Å². The first-order chi connectivity index (χ1) is 15.4. The lowest BCUT2D eigenvalue weighted by Gasteiger charge is -2.34. The number of hydrogen-bond donors (Lipinski definition) is 4. The number of urea groups is 1. The van der Waals surface area contributed by atoms with Gasteiger partial charge in [-0.25, -0.2) is 9.79 Å². The number of aliphatic imine (C=N–C) groups is 1. The molecule has 9 nitrogen and oxygen atoms in total. The molecule has 10 heteroatoms. The zero-order valence-corrected chi connectivity index (χ0v) is 22.1. The van der Waals surface area contributed by atoms with E-state index in [1.54, 1.807) is 0 Å². The van der Waals surface area contributed by atoms with Crippen molar-refractivity contribution in [3.05, 3.63) is 29.8 Å². The molecule has 2 heterocycles. The van der Waals surface area contributed by atoms with Gasteiger partial charge in [0.25, 0.3) is 0 Å². The van der Waals surface area contributed by atoms with Crippen molar-refractivity contribution < 1.29 is 14.6 Å². The Balaban J connectivity index is 0.00000385. The molecule has 0 spiro atoms. The molecule has 0 radical (unpaired) electrons. The van der Waals surface area contributed by atoms with E-state index < -0.39 is 5.60 Å². The fourth-order valence-corrected chi connectivity index (χ4v) is 3.95. The monoisotopic (exact) mass is 574 g/mol. The molecular formula is C23H39IN6O3. The second-order valence-electron chi connectivity index (χ2n) is 8.76. The number of β-amino-alcohol motifs (C(OH)–C–C–N with tert-alkyl or cyclic N) is 1. The van der Waals surface area contributed by atoms with Gasteiger partial charge in [-0.1, -0.05) is 12.1 Å². The molecule has 4 N–H and O–H groups in total. The predicted molar refractivity (Wildman–Crippen MR) is 142 cm³/mol. The number of likely N-dealkylation sites (tertiary alicyclic amines) is 1. The number of rotatable bonds is 8. The highest BCUT2D eigenvalue weighted by molar-refractivity contribution is 14.0. The Bertz CT molecular complexity index is 764. The Morgan fingerprint density at radius 2 is 1.91 bits per heavy atom. The summed E-state index contributed by atoms with van der Waals surface area (Å²) in [6.45, 7) is 10.8. The number of ether oxygens (including phenoxy) is 1. The van der Waals surface area contributed by atoms with E-state index in [1.165, 1.54) is 0 Å². The molecule has 2 fully saturated rings. The van der Waals surface area contributed by atoms with Gasteiger partial charge in [0.05, 0.1) is 25.4 Å². The van der Waals surface area contributed by atoms with Crippen LogP contribution >= 0.6 is 24.0 Å². The molecule has 0 aromatic heterocycles. The highest BCUT2D eigenvalue weighted by Gasteiger charge is 2.25. The minimum absolute atomic E-state index is 0. The van der Waals surface area contributed by atoms with E-state index in [0.29, 0.717) is 38.8 Å². The summed E-state index contributed by atoms with van der Waals surface area (Å²) >= 11 is 0. The van der Waals surface area contributed by atoms with Crippen LogP contribution < -0.4 is 16.0 Å². The average molecular weight is 575 g/mol. The van der Waals surface area contributed by atoms with Crippen LogP contribution in [0.1, 0.15) is 32.3 Å². The molecule has 2 aliphatic rings. The predicted octanol–water partition coefficient (Wildman–Crippen LogP) is 2.07. The summed E-state index contributed by atoms with van der Waals surface area (Å²) < 4.78 is 5.38. The van der Waals surface area contributed by atoms with E-state index in [2.05, 4.69) is 25.8 Å². The zero-order chi connectivity index (χ0) is 22.8. The van der Waals surface area contributed by atoms with Gasteiger partial charge in [0, 0.05) is 51.5 Å². The third-order valence-corrected chi connectivity index (χ3v) is 5.64. The molecule has 1 unspecified atom stereocenters. The smallest absolute Gasteiger partial charge is 0.321 e. The Hall–Kier alpha value is -1.63. The number of nitrogens with one attached hydrogen (secondary N) is 3. The highest BCUT2D eigenvalue weighted by Crippen LogP contribution is 2.15. The van der Waals surface area contributed by atoms with Crippen LogP contribution in [0.4, 0.5) is 10.5 Å². The molecule has 186 valence electrons. The lowest BCUT2D eigenvalue weighted by molar-refractivity contribution is -0.0201. The molecule has 1 aromatic rings. The van der Waals surface area contributed by atoms with Crippen LogP contribution in [0.2, 0.25) is 0 Å². The van der Waals surface area contributed by atoms with Crippen molar-refractivity contribution in [3.63, 3.8) is 0 Å². The Labute approximate surface area is 214 Å². The van der Waals surface area contributed by atoms with Gasteiger partial charge in [0.1, 0.15) is 0 Å². The van der Waals surface area contributed by atoms with Gasteiger partial charge in [0.2, 0.25) is 0 Å². The molecule has 2 aliphatic heterocycles. The first kappa shape index (κ1) is 27.6. The maximum Gasteiger partial charge on any atom is 0.321 e. The maximum atomic E-state index is 12.3. The van der Waals surface area contributed by atoms with E-state index in [0.717, 1.165) is 56.8 Å². The second-order valence-corrected chi connectivity index (χ2v) is 8.76. The number of anilines is 1. The van der Waals surface area contributed by atoms with Gasteiger partial charge in [-0.15, -0.1) is 24.0 Å². The quantitative estimate of drug-likeness (QED) is 0.216. The lowest BCUT2D eigenvalue weighted by atomic mass is 10.1. The third kappa shape index (κ3) is 9.63. The molecule has 0 aliphatic carbocycles. The van der Waals surface area contributed by atoms with Gasteiger partial charge in [-0.05, 0) is 44.4 Å². The van der Waals surface area contributed by atoms with Crippen molar-refractivity contribution >= 4 is 41.7 Å². The van der Waals surface area contributed by atoms with Crippen LogP contribution in [0.15, 0.2) is 29.3 Å². The van der Waals surface area contributed by atoms with Crippen LogP contribution in [-0.2, 0) is 11.3 Å². The average Bonchev–Trinajstić information content (AvgIpc) is 3.32. The minimum Gasteiger partial charge on any atom is -0.387 e. The molecule has 3 rings (SSSR count). The summed E-state index contributed by atoms with van der Waals surface area (Å²) in [4.78, 5) is 21.1. The summed E-state index contributed by atoms with van der Waals surface area (Å²) in [5.74, 6) is 0.654. The van der Waals surface area contributed by atoms with E-state index in [1.807, 2.05) is 43.0 Å². The van der Waals surface area contributed by atoms with Gasteiger partial charge >= 0.3 is 6.03 Å². The van der Waals surface area contributed by atoms with Crippen molar-refractivity contribution in [2.75, 3.05) is 64.3 Å². The van der Waals surface area contributed by atoms with E-state index in [4.69, 9.17) is 4.74 Å². The molecule has 1 aromatic carbocycles. The van der Waals surface area contributed by atoms with E-state index in [-0.39, 0.29) is 30.0 Å². The number of aliphatic hydroxyl groups is 1. The van der Waals surface area contributed by atoms with Crippen LogP contribution in [0.25, 0.3) is 0 Å². The summed E-state index contributed by atoms with van der Waals surface area (Å²) in [5.41, 5.74) is 0.898. The largest absolute Gasteiger partial charge is 0.387 e. The van der Waals surface area contributed by atoms with Gasteiger partial charge < -0.3 is 30.7 Å². The van der Waals surface area contributed by atoms with E-state index >= 15 is 0 Å². The number of amides is 2. The maximum absolute atomic E-state index is 12.3. The zero-order valence-electron chi connectivity index (χ0n) is 19.8. The number of nitrogens with zero attached hydrogens (tertiary/aromatic N) is 3. The molecule has 0 bridgehead atoms. The summed E-state index contributed by atoms with van der Waals surface area (Å²) in [6, 6.07) is 7.73. The van der Waals surface area contributed by atoms with Crippen LogP contribution in [0.5, 0.6) is 0 Å². The fraction of sp³-hybridized carbons (Fsp3) is 0.652. The normalized spacial score (nSPS) is 18.9. The third-order valence-electron chi connectivity index (χ3n) is 5.64. The van der Waals surface area contributed by atoms with Crippen LogP contribution in [-0.4, -0.2) is 91.5 Å². The number of guanidine groups is 1. The van der Waals surface area contributed by atoms with Gasteiger partial charge in [-0.2, -0.15) is 0 Å². The summed E-state index contributed by atoms with van der Waals surface area (Å²) in [7, 11) is 0. The molecule has 1 atom stereocenters. The van der Waals surface area contributed by atoms with Gasteiger partial charge in [0.15, 0.2) is 5.96 Å². The number of benzene rings is 1. The highest BCUT2D eigenvalue weighted by atomic mass is 127. The minimum atomic E-state index is -0.882. The Morgan fingerprint density at radius 1 is 1.18 bits per heavy atom. The molecule has 2 saturated heterocycles. The standard InChI is InChI=1S/C23H38N6O3.HI/c1-3-24-21(26-17-23(2,31)18-28-11-13-32-14-12-28)25-16-19-7-6-8-20(15-19)27-22(30)29-9-4-5-10-29;/h6-8,15,31H,3-5,9-14,16-18H2,1-2H3,(H,27,30)(H2,24,25,26);1H. The van der Waals surface area contributed by atoms with Crippen molar-refractivity contribution in [3.8, 4) is 0 Å². The SMILES string of the molecule is CCNC(=NCc1cccc(NC(=O)N2CCCC2)c1)NCC(C)(O)CN1CCOCC1.I. The lowest BCUT2D eigenvalue weighted by Crippen LogP contribution is -2.52. The fourth-order valence-electron chi connectivity index (χ4n) is 3.95. The first-order valence-corrected chi connectivity index (χ1v) is 11.6. The number of hydrogen-bond acceptors (Lipinski definition) is 5. The first-order valence-electron chi connectivity index (χ1n) is 11.6. The van der Waals surface area contributed by atoms with E-state index in [9.17, 15) is 9.90 Å². The second kappa shape index (κ2) is 13.9. The van der Waals surface area contributed by atoms with Crippen molar-refractivity contribution in [2.45, 2.75) is 38.8 Å². The van der Waals surface area contributed by atoms with Crippen molar-refractivity contribution in [2.24, 2.45) is 4.99 Å².